The van der Waals surface area contributed by atoms with E-state index >= 15 is 0 Å². The number of fused-ring (bicyclic) bond motifs is 1. The maximum absolute atomic E-state index is 13.2. The number of nitrogens with one attached hydrogen (secondary N) is 1. The van der Waals surface area contributed by atoms with E-state index in [1.807, 2.05) is 0 Å². The Bertz CT molecular complexity index is 1310. The van der Waals surface area contributed by atoms with E-state index in [1.165, 1.54) is 42.9 Å². The first-order chi connectivity index (χ1) is 17.3. The molecule has 36 heavy (non-hydrogen) atoms. The summed E-state index contributed by atoms with van der Waals surface area (Å²) in [5.41, 5.74) is -0.151. The Morgan fingerprint density at radius 2 is 1.64 bits per heavy atom. The first kappa shape index (κ1) is 26.8. The quantitative estimate of drug-likeness (QED) is 0.334. The number of nitrogens with zero attached hydrogens (tertiary/aromatic N) is 4. The van der Waals surface area contributed by atoms with Gasteiger partial charge in [0, 0.05) is 7.05 Å². The van der Waals surface area contributed by atoms with E-state index in [1.54, 1.807) is 17.9 Å². The van der Waals surface area contributed by atoms with Crippen molar-refractivity contribution in [2.45, 2.75) is 26.9 Å². The van der Waals surface area contributed by atoms with Crippen LogP contribution in [0.4, 0.5) is 0 Å². The number of imidazole rings is 1. The lowest BCUT2D eigenvalue weighted by Crippen LogP contribution is -3.11. The van der Waals surface area contributed by atoms with Gasteiger partial charge in [-0.25, -0.2) is 14.6 Å². The van der Waals surface area contributed by atoms with Crippen LogP contribution in [0.3, 0.4) is 0 Å². The molecule has 0 aliphatic rings. The van der Waals surface area contributed by atoms with Crippen molar-refractivity contribution in [1.82, 2.24) is 18.7 Å². The van der Waals surface area contributed by atoms with E-state index in [9.17, 15) is 14.4 Å². The number of quaternary nitrogens is 1. The molecule has 0 aliphatic carbocycles. The second-order valence-corrected chi connectivity index (χ2v) is 8.17. The maximum atomic E-state index is 13.2. The molecule has 0 radical (unpaired) electrons. The number of carbonyl (C=O) groups excluding carboxylic acids is 1. The smallest absolute Gasteiger partial charge is 0.338 e. The summed E-state index contributed by atoms with van der Waals surface area (Å²) in [5, 5.41) is 0. The van der Waals surface area contributed by atoms with Gasteiger partial charge in [0.2, 0.25) is 5.75 Å². The lowest BCUT2D eigenvalue weighted by molar-refractivity contribution is -0.897. The van der Waals surface area contributed by atoms with Crippen LogP contribution in [0.25, 0.3) is 11.2 Å². The zero-order valence-electron chi connectivity index (χ0n) is 21.6. The van der Waals surface area contributed by atoms with Gasteiger partial charge < -0.3 is 28.4 Å². The second-order valence-electron chi connectivity index (χ2n) is 8.17. The van der Waals surface area contributed by atoms with Gasteiger partial charge in [-0.2, -0.15) is 0 Å². The van der Waals surface area contributed by atoms with Gasteiger partial charge in [0.25, 0.3) is 5.56 Å². The van der Waals surface area contributed by atoms with Crippen LogP contribution in [-0.2, 0) is 24.9 Å². The van der Waals surface area contributed by atoms with Crippen LogP contribution in [0.1, 0.15) is 24.2 Å². The fourth-order valence-corrected chi connectivity index (χ4v) is 4.08. The first-order valence-corrected chi connectivity index (χ1v) is 11.8. The number of esters is 1. The van der Waals surface area contributed by atoms with Crippen LogP contribution in [0.15, 0.2) is 28.0 Å². The van der Waals surface area contributed by atoms with Gasteiger partial charge in [0.15, 0.2) is 22.7 Å². The summed E-state index contributed by atoms with van der Waals surface area (Å²) in [4.78, 5) is 44.4. The Balaban J connectivity index is 1.82. The molecule has 3 aromatic rings. The number of carbonyl (C=O) groups is 1. The third kappa shape index (κ3) is 5.23. The predicted octanol–water partition coefficient (Wildman–Crippen LogP) is -0.296. The fourth-order valence-electron chi connectivity index (χ4n) is 4.08. The van der Waals surface area contributed by atoms with Gasteiger partial charge in [-0.1, -0.05) is 0 Å². The van der Waals surface area contributed by atoms with Gasteiger partial charge in [-0.3, -0.25) is 13.9 Å². The van der Waals surface area contributed by atoms with Crippen molar-refractivity contribution in [2.24, 2.45) is 7.05 Å². The van der Waals surface area contributed by atoms with E-state index in [2.05, 4.69) is 18.8 Å². The van der Waals surface area contributed by atoms with Crippen molar-refractivity contribution in [3.05, 3.63) is 44.9 Å². The topological polar surface area (TPSA) is 120 Å². The number of likely N-dealkylation sites (N-methyl/N-ethyl adjacent to an activating group) is 1. The molecular weight excluding hydrogens is 470 g/mol. The van der Waals surface area contributed by atoms with E-state index in [0.717, 1.165) is 24.2 Å². The van der Waals surface area contributed by atoms with Gasteiger partial charge in [0.05, 0.1) is 65.9 Å². The summed E-state index contributed by atoms with van der Waals surface area (Å²) in [7, 11) is 5.91. The molecule has 2 aromatic heterocycles. The molecule has 0 spiro atoms. The van der Waals surface area contributed by atoms with Crippen molar-refractivity contribution in [1.29, 1.82) is 0 Å². The van der Waals surface area contributed by atoms with E-state index in [0.29, 0.717) is 35.0 Å². The van der Waals surface area contributed by atoms with Crippen LogP contribution in [0.5, 0.6) is 17.2 Å². The average molecular weight is 505 g/mol. The number of methoxy groups -OCH3 is 3. The van der Waals surface area contributed by atoms with E-state index < -0.39 is 17.2 Å². The van der Waals surface area contributed by atoms with Crippen LogP contribution >= 0.6 is 0 Å². The monoisotopic (exact) mass is 504 g/mol. The molecule has 12 heteroatoms. The summed E-state index contributed by atoms with van der Waals surface area (Å²) < 4.78 is 25.3. The van der Waals surface area contributed by atoms with Crippen molar-refractivity contribution in [3.63, 3.8) is 0 Å². The molecular formula is C24H34N5O7+. The number of benzene rings is 1. The maximum Gasteiger partial charge on any atom is 0.338 e. The number of hydrogen-bond acceptors (Lipinski definition) is 8. The van der Waals surface area contributed by atoms with Crippen molar-refractivity contribution >= 4 is 17.1 Å². The van der Waals surface area contributed by atoms with Crippen molar-refractivity contribution in [2.75, 3.05) is 47.6 Å². The molecule has 0 saturated heterocycles. The Morgan fingerprint density at radius 3 is 2.19 bits per heavy atom. The largest absolute Gasteiger partial charge is 0.493 e. The third-order valence-corrected chi connectivity index (χ3v) is 6.26. The minimum Gasteiger partial charge on any atom is -0.493 e. The van der Waals surface area contributed by atoms with Crippen LogP contribution in [-0.4, -0.2) is 72.2 Å². The Morgan fingerprint density at radius 1 is 1.00 bits per heavy atom. The third-order valence-electron chi connectivity index (χ3n) is 6.26. The predicted molar refractivity (Wildman–Crippen MR) is 133 cm³/mol. The lowest BCUT2D eigenvalue weighted by atomic mass is 10.2. The molecule has 1 N–H and O–H groups in total. The van der Waals surface area contributed by atoms with Crippen molar-refractivity contribution < 1.29 is 28.6 Å². The summed E-state index contributed by atoms with van der Waals surface area (Å²) in [6, 6.07) is 2.94. The summed E-state index contributed by atoms with van der Waals surface area (Å²) >= 11 is 0. The van der Waals surface area contributed by atoms with Gasteiger partial charge >= 0.3 is 11.7 Å². The Hall–Kier alpha value is -3.80. The SMILES string of the molecule is CC[NH+](CC)CCn1cnc2c1c(=O)n(CCOC(=O)c1cc(OC)c(OC)c(OC)c1)c(=O)n2C. The second kappa shape index (κ2) is 11.8. The van der Waals surface area contributed by atoms with Crippen molar-refractivity contribution in [3.8, 4) is 17.2 Å². The minimum absolute atomic E-state index is 0.107. The van der Waals surface area contributed by atoms with Gasteiger partial charge in [0.1, 0.15) is 6.61 Å². The highest BCUT2D eigenvalue weighted by molar-refractivity contribution is 5.91. The molecule has 0 unspecified atom stereocenters. The van der Waals surface area contributed by atoms with Gasteiger partial charge in [-0.15, -0.1) is 0 Å². The van der Waals surface area contributed by atoms with E-state index in [-0.39, 0.29) is 18.7 Å². The molecule has 0 atom stereocenters. The number of aryl methyl sites for hydroxylation is 1. The summed E-state index contributed by atoms with van der Waals surface area (Å²) in [6.45, 7) is 7.30. The zero-order valence-corrected chi connectivity index (χ0v) is 21.6. The number of hydrogen-bond donors (Lipinski definition) is 1. The molecule has 0 aliphatic heterocycles. The number of aromatic nitrogens is 4. The molecule has 3 rings (SSSR count). The standard InChI is InChI=1S/C24H33N5O7/c1-7-27(8-2)9-10-28-15-25-21-19(28)22(30)29(24(32)26(21)3)11-12-36-23(31)16-13-17(33-4)20(35-6)18(14-16)34-5/h13-15H,7-12H2,1-6H3/p+1. The zero-order chi connectivity index (χ0) is 26.4. The molecule has 0 bridgehead atoms. The highest BCUT2D eigenvalue weighted by Crippen LogP contribution is 2.38. The van der Waals surface area contributed by atoms with Crippen LogP contribution < -0.4 is 30.4 Å². The Labute approximate surface area is 208 Å². The summed E-state index contributed by atoms with van der Waals surface area (Å²) in [6.07, 6.45) is 1.59. The molecule has 0 saturated carbocycles. The summed E-state index contributed by atoms with van der Waals surface area (Å²) in [5.74, 6) is 0.296. The fraction of sp³-hybridized carbons (Fsp3) is 0.500. The number of rotatable bonds is 12. The number of ether oxygens (including phenoxy) is 4. The first-order valence-electron chi connectivity index (χ1n) is 11.8. The molecule has 2 heterocycles. The highest BCUT2D eigenvalue weighted by Gasteiger charge is 2.20. The average Bonchev–Trinajstić information content (AvgIpc) is 3.33. The lowest BCUT2D eigenvalue weighted by Gasteiger charge is -2.16. The van der Waals surface area contributed by atoms with E-state index in [4.69, 9.17) is 18.9 Å². The highest BCUT2D eigenvalue weighted by atomic mass is 16.5. The van der Waals surface area contributed by atoms with Gasteiger partial charge in [-0.05, 0) is 26.0 Å². The molecule has 0 amide bonds. The molecule has 1 aromatic carbocycles. The Kier molecular flexibility index (Phi) is 8.75. The minimum atomic E-state index is -0.660. The molecule has 12 nitrogen and oxygen atoms in total. The molecule has 196 valence electrons. The molecule has 0 fully saturated rings. The van der Waals surface area contributed by atoms with Crippen LogP contribution in [0, 0.1) is 0 Å². The van der Waals surface area contributed by atoms with Crippen LogP contribution in [0.2, 0.25) is 0 Å². The normalized spacial score (nSPS) is 11.2.